The number of carboxylic acids is 1. The fraction of sp³-hybridized carbons (Fsp3) is 0.357. The summed E-state index contributed by atoms with van der Waals surface area (Å²) < 4.78 is 14.4. The quantitative estimate of drug-likeness (QED) is 0.234. The number of nitrogens with zero attached hydrogens (tertiary/aromatic N) is 1. The Morgan fingerprint density at radius 2 is 1.74 bits per heavy atom. The summed E-state index contributed by atoms with van der Waals surface area (Å²) in [6.45, 7) is 8.95. The Labute approximate surface area is 283 Å². The molecular formula is C42H45ClFNO2. The number of benzene rings is 3. The lowest BCUT2D eigenvalue weighted by molar-refractivity contribution is -0.137. The number of anilines is 1. The fourth-order valence-corrected chi connectivity index (χ4v) is 8.38. The van der Waals surface area contributed by atoms with Gasteiger partial charge in [-0.2, -0.15) is 0 Å². The molecule has 0 unspecified atom stereocenters. The van der Waals surface area contributed by atoms with Gasteiger partial charge in [0.15, 0.2) is 0 Å². The molecule has 3 aromatic rings. The number of fused-ring (bicyclic) bond motifs is 4. The van der Waals surface area contributed by atoms with Crippen LogP contribution >= 0.6 is 11.6 Å². The maximum atomic E-state index is 14.4. The molecule has 1 N–H and O–H groups in total. The van der Waals surface area contributed by atoms with Crippen LogP contribution in [0.15, 0.2) is 106 Å². The molecular weight excluding hydrogens is 605 g/mol. The smallest absolute Gasteiger partial charge is 0.303 e. The van der Waals surface area contributed by atoms with E-state index >= 15 is 0 Å². The highest BCUT2D eigenvalue weighted by atomic mass is 35.5. The van der Waals surface area contributed by atoms with Gasteiger partial charge < -0.3 is 10.0 Å². The Hall–Kier alpha value is -3.89. The van der Waals surface area contributed by atoms with Crippen molar-refractivity contribution in [3.8, 4) is 0 Å². The molecule has 0 radical (unpaired) electrons. The second-order valence-electron chi connectivity index (χ2n) is 14.3. The van der Waals surface area contributed by atoms with Gasteiger partial charge in [-0.15, -0.1) is 0 Å². The van der Waals surface area contributed by atoms with Crippen LogP contribution in [-0.4, -0.2) is 18.1 Å². The third-order valence-electron chi connectivity index (χ3n) is 10.5. The summed E-state index contributed by atoms with van der Waals surface area (Å²) in [7, 11) is 2.16. The minimum Gasteiger partial charge on any atom is -0.481 e. The summed E-state index contributed by atoms with van der Waals surface area (Å²) in [4.78, 5) is 13.3. The van der Waals surface area contributed by atoms with Crippen LogP contribution in [0.2, 0.25) is 0 Å². The van der Waals surface area contributed by atoms with Crippen LogP contribution < -0.4 is 4.90 Å². The first-order chi connectivity index (χ1) is 22.4. The molecule has 0 saturated heterocycles. The Morgan fingerprint density at radius 1 is 0.957 bits per heavy atom. The number of carbonyl (C=O) groups is 1. The molecule has 0 aromatic heterocycles. The first kappa shape index (κ1) is 33.0. The minimum absolute atomic E-state index is 0.158. The van der Waals surface area contributed by atoms with Gasteiger partial charge in [-0.25, -0.2) is 4.39 Å². The van der Waals surface area contributed by atoms with Crippen molar-refractivity contribution < 1.29 is 14.3 Å². The summed E-state index contributed by atoms with van der Waals surface area (Å²) in [5.74, 6) is -0.979. The van der Waals surface area contributed by atoms with E-state index in [1.54, 1.807) is 12.1 Å². The predicted molar refractivity (Wildman–Crippen MR) is 194 cm³/mol. The Morgan fingerprint density at radius 3 is 2.53 bits per heavy atom. The molecule has 3 aromatic carbocycles. The van der Waals surface area contributed by atoms with Gasteiger partial charge >= 0.3 is 5.97 Å². The SMILES string of the molecule is CN1/C(=C/C=C2CCCC(/C=C/C3=C(CCCCCC(=O)O)c4ccc(F)cc4C3(C)C)=C2Cl)C(C)(C)c2c1ccc1ccccc21. The van der Waals surface area contributed by atoms with Gasteiger partial charge in [0.25, 0.3) is 0 Å². The lowest BCUT2D eigenvalue weighted by Gasteiger charge is -2.25. The largest absolute Gasteiger partial charge is 0.481 e. The number of hydrogen-bond acceptors (Lipinski definition) is 2. The third-order valence-corrected chi connectivity index (χ3v) is 11.0. The zero-order valence-electron chi connectivity index (χ0n) is 28.2. The first-order valence-electron chi connectivity index (χ1n) is 16.9. The van der Waals surface area contributed by atoms with Crippen molar-refractivity contribution in [2.45, 2.75) is 89.9 Å². The van der Waals surface area contributed by atoms with Gasteiger partial charge in [-0.1, -0.05) is 100 Å². The molecule has 5 heteroatoms. The lowest BCUT2D eigenvalue weighted by atomic mass is 9.80. The van der Waals surface area contributed by atoms with Crippen LogP contribution in [0.3, 0.4) is 0 Å². The van der Waals surface area contributed by atoms with E-state index in [9.17, 15) is 9.18 Å². The zero-order chi connectivity index (χ0) is 33.5. The van der Waals surface area contributed by atoms with Crippen molar-refractivity contribution in [3.63, 3.8) is 0 Å². The number of aliphatic carboxylic acids is 1. The molecule has 3 aliphatic rings. The normalized spacial score (nSPS) is 20.3. The highest BCUT2D eigenvalue weighted by Gasteiger charge is 2.40. The van der Waals surface area contributed by atoms with Crippen molar-refractivity contribution in [1.82, 2.24) is 0 Å². The summed E-state index contributed by atoms with van der Waals surface area (Å²) in [6.07, 6.45) is 15.2. The van der Waals surface area contributed by atoms with Crippen molar-refractivity contribution in [1.29, 1.82) is 0 Å². The van der Waals surface area contributed by atoms with Gasteiger partial charge in [-0.05, 0) is 113 Å². The van der Waals surface area contributed by atoms with Gasteiger partial charge in [0.2, 0.25) is 0 Å². The number of allylic oxidation sites excluding steroid dienone is 10. The van der Waals surface area contributed by atoms with Crippen molar-refractivity contribution in [3.05, 3.63) is 129 Å². The Balaban J connectivity index is 1.30. The monoisotopic (exact) mass is 649 g/mol. The number of rotatable bonds is 9. The van der Waals surface area contributed by atoms with Crippen LogP contribution in [0.1, 0.15) is 95.8 Å². The average Bonchev–Trinajstić information content (AvgIpc) is 3.36. The summed E-state index contributed by atoms with van der Waals surface area (Å²) in [5.41, 5.74) is 10.1. The number of hydrogen-bond donors (Lipinski definition) is 1. The van der Waals surface area contributed by atoms with Crippen LogP contribution in [-0.2, 0) is 15.6 Å². The molecule has 47 heavy (non-hydrogen) atoms. The van der Waals surface area contributed by atoms with Crippen molar-refractivity contribution in [2.75, 3.05) is 11.9 Å². The molecule has 0 saturated carbocycles. The van der Waals surface area contributed by atoms with E-state index in [1.807, 2.05) is 6.07 Å². The maximum absolute atomic E-state index is 14.4. The van der Waals surface area contributed by atoms with Gasteiger partial charge in [0.1, 0.15) is 5.82 Å². The molecule has 244 valence electrons. The van der Waals surface area contributed by atoms with E-state index in [2.05, 4.69) is 100 Å². The van der Waals surface area contributed by atoms with Gasteiger partial charge in [0.05, 0.1) is 0 Å². The van der Waals surface area contributed by atoms with Crippen LogP contribution in [0.5, 0.6) is 0 Å². The fourth-order valence-electron chi connectivity index (χ4n) is 8.06. The topological polar surface area (TPSA) is 40.5 Å². The lowest BCUT2D eigenvalue weighted by Crippen LogP contribution is -2.22. The van der Waals surface area contributed by atoms with E-state index < -0.39 is 5.97 Å². The third kappa shape index (κ3) is 6.13. The molecule has 0 spiro atoms. The molecule has 1 heterocycles. The number of unbranched alkanes of at least 4 members (excludes halogenated alkanes) is 2. The summed E-state index contributed by atoms with van der Waals surface area (Å²) in [6, 6.07) is 18.2. The van der Waals surface area contributed by atoms with Crippen LogP contribution in [0, 0.1) is 5.82 Å². The predicted octanol–water partition coefficient (Wildman–Crippen LogP) is 11.5. The highest BCUT2D eigenvalue weighted by molar-refractivity contribution is 6.32. The van der Waals surface area contributed by atoms with E-state index in [1.165, 1.54) is 38.9 Å². The second kappa shape index (κ2) is 13.0. The maximum Gasteiger partial charge on any atom is 0.303 e. The standard InChI is InChI=1S/C42H45ClFNO2/c1-41(2)34(32(16-7-6-8-17-38(46)47)33-22-21-30(44)26-35(33)41)23-18-28-13-11-14-29(40(28)43)20-25-37-42(3,4)39-31-15-10-9-12-27(31)19-24-36(39)45(37)5/h9-10,12,15,18-26H,6-8,11,13-14,16-17H2,1-5H3,(H,46,47)/b23-18+,29-20?,37-25+. The number of carboxylic acid groups (broad SMARTS) is 1. The first-order valence-corrected chi connectivity index (χ1v) is 17.3. The molecule has 1 aliphatic heterocycles. The van der Waals surface area contributed by atoms with E-state index in [0.717, 1.165) is 65.8 Å². The van der Waals surface area contributed by atoms with E-state index in [0.29, 0.717) is 6.42 Å². The summed E-state index contributed by atoms with van der Waals surface area (Å²) in [5, 5.41) is 12.4. The minimum atomic E-state index is -0.754. The molecule has 0 atom stereocenters. The second-order valence-corrected chi connectivity index (χ2v) is 14.7. The van der Waals surface area contributed by atoms with E-state index in [-0.39, 0.29) is 23.1 Å². The average molecular weight is 650 g/mol. The zero-order valence-corrected chi connectivity index (χ0v) is 29.0. The Bertz CT molecular complexity index is 1900. The van der Waals surface area contributed by atoms with E-state index in [4.69, 9.17) is 16.7 Å². The van der Waals surface area contributed by atoms with Gasteiger partial charge in [-0.3, -0.25) is 4.79 Å². The molecule has 3 nitrogen and oxygen atoms in total. The molecule has 2 aliphatic carbocycles. The molecule has 0 amide bonds. The van der Waals surface area contributed by atoms with Gasteiger partial charge in [0, 0.05) is 40.7 Å². The number of halogens is 2. The molecule has 0 bridgehead atoms. The number of likely N-dealkylation sites (N-methyl/N-ethyl adjacent to an activating group) is 1. The van der Waals surface area contributed by atoms with Crippen molar-refractivity contribution >= 4 is 39.6 Å². The van der Waals surface area contributed by atoms with Crippen LogP contribution in [0.4, 0.5) is 10.1 Å². The molecule has 6 rings (SSSR count). The Kier molecular flexibility index (Phi) is 9.11. The molecule has 0 fully saturated rings. The summed E-state index contributed by atoms with van der Waals surface area (Å²) >= 11 is 7.16. The highest BCUT2D eigenvalue weighted by Crippen LogP contribution is 2.51. The van der Waals surface area contributed by atoms with Crippen molar-refractivity contribution in [2.24, 2.45) is 0 Å². The van der Waals surface area contributed by atoms with Crippen LogP contribution in [0.25, 0.3) is 16.3 Å².